The van der Waals surface area contributed by atoms with E-state index in [2.05, 4.69) is 15.0 Å². The lowest BCUT2D eigenvalue weighted by atomic mass is 9.95. The molecule has 4 heterocycles. The number of aromatic nitrogens is 3. The number of halogens is 1. The van der Waals surface area contributed by atoms with Crippen molar-refractivity contribution in [3.05, 3.63) is 59.8 Å². The van der Waals surface area contributed by atoms with Crippen molar-refractivity contribution in [3.63, 3.8) is 0 Å². The van der Waals surface area contributed by atoms with Crippen LogP contribution >= 0.6 is 0 Å². The summed E-state index contributed by atoms with van der Waals surface area (Å²) >= 11 is 0. The fourth-order valence-electron chi connectivity index (χ4n) is 4.64. The number of nitrogens with zero attached hydrogens (tertiary/aromatic N) is 4. The Labute approximate surface area is 179 Å². The number of piperidine rings is 1. The van der Waals surface area contributed by atoms with Crippen molar-refractivity contribution in [2.45, 2.75) is 25.2 Å². The molecule has 7 nitrogen and oxygen atoms in total. The Kier molecular flexibility index (Phi) is 5.13. The molecule has 2 saturated heterocycles. The predicted octanol–water partition coefficient (Wildman–Crippen LogP) is 2.97. The summed E-state index contributed by atoms with van der Waals surface area (Å²) in [5, 5.41) is 0. The van der Waals surface area contributed by atoms with Gasteiger partial charge in [-0.25, -0.2) is 14.4 Å². The molecule has 31 heavy (non-hydrogen) atoms. The highest BCUT2D eigenvalue weighted by Gasteiger charge is 2.36. The largest absolute Gasteiger partial charge is 0.342 e. The van der Waals surface area contributed by atoms with Crippen LogP contribution in [0.25, 0.3) is 11.2 Å². The highest BCUT2D eigenvalue weighted by molar-refractivity contribution is 5.95. The second-order valence-electron chi connectivity index (χ2n) is 8.31. The van der Waals surface area contributed by atoms with Crippen LogP contribution in [0, 0.1) is 11.7 Å². The van der Waals surface area contributed by atoms with E-state index in [9.17, 15) is 14.0 Å². The number of benzene rings is 1. The van der Waals surface area contributed by atoms with Crippen LogP contribution in [0.15, 0.2) is 42.6 Å². The molecule has 0 spiro atoms. The highest BCUT2D eigenvalue weighted by atomic mass is 19.1. The number of amides is 2. The van der Waals surface area contributed by atoms with Gasteiger partial charge in [0.1, 0.15) is 11.6 Å². The van der Waals surface area contributed by atoms with E-state index in [1.165, 1.54) is 12.1 Å². The first-order chi connectivity index (χ1) is 15.1. The zero-order chi connectivity index (χ0) is 21.4. The predicted molar refractivity (Wildman–Crippen MR) is 113 cm³/mol. The monoisotopic (exact) mass is 421 g/mol. The van der Waals surface area contributed by atoms with Gasteiger partial charge in [-0.1, -0.05) is 12.1 Å². The minimum absolute atomic E-state index is 0.0664. The van der Waals surface area contributed by atoms with Crippen LogP contribution in [0.3, 0.4) is 0 Å². The standard InChI is InChI=1S/C23H24FN5O2/c24-18-5-2-1-4-17(18)23(31)29-13-9-16(14-29)22(30)28-11-7-15(8-12-28)20-26-19-6-3-10-25-21(19)27-20/h1-6,10,15-16H,7-9,11-14H2,(H,25,26,27). The average molecular weight is 421 g/mol. The number of H-pyrrole nitrogens is 1. The van der Waals surface area contributed by atoms with Crippen LogP contribution in [-0.4, -0.2) is 62.7 Å². The number of aromatic amines is 1. The summed E-state index contributed by atoms with van der Waals surface area (Å²) in [6.45, 7) is 2.17. The van der Waals surface area contributed by atoms with Crippen LogP contribution in [0.2, 0.25) is 0 Å². The van der Waals surface area contributed by atoms with E-state index in [4.69, 9.17) is 0 Å². The van der Waals surface area contributed by atoms with Crippen molar-refractivity contribution in [1.82, 2.24) is 24.8 Å². The molecule has 1 unspecified atom stereocenters. The Hall–Kier alpha value is -3.29. The van der Waals surface area contributed by atoms with Gasteiger partial charge in [0.15, 0.2) is 5.65 Å². The Balaban J connectivity index is 1.18. The van der Waals surface area contributed by atoms with Crippen molar-refractivity contribution in [2.24, 2.45) is 5.92 Å². The first-order valence-electron chi connectivity index (χ1n) is 10.7. The number of nitrogens with one attached hydrogen (secondary N) is 1. The third-order valence-electron chi connectivity index (χ3n) is 6.40. The molecule has 2 aromatic heterocycles. The molecule has 2 aliphatic rings. The van der Waals surface area contributed by atoms with Gasteiger partial charge in [0.05, 0.1) is 17.0 Å². The molecule has 1 aromatic carbocycles. The Morgan fingerprint density at radius 1 is 1.00 bits per heavy atom. The molecule has 0 aliphatic carbocycles. The lowest BCUT2D eigenvalue weighted by Gasteiger charge is -2.32. The molecule has 0 saturated carbocycles. The normalized spacial score (nSPS) is 19.8. The number of likely N-dealkylation sites (tertiary alicyclic amines) is 2. The minimum atomic E-state index is -0.523. The number of hydrogen-bond donors (Lipinski definition) is 1. The maximum Gasteiger partial charge on any atom is 0.256 e. The van der Waals surface area contributed by atoms with Gasteiger partial charge in [-0.2, -0.15) is 0 Å². The van der Waals surface area contributed by atoms with Gasteiger partial charge in [0.25, 0.3) is 5.91 Å². The molecular formula is C23H24FN5O2. The first-order valence-corrected chi connectivity index (χ1v) is 10.7. The summed E-state index contributed by atoms with van der Waals surface area (Å²) in [6, 6.07) is 9.84. The van der Waals surface area contributed by atoms with E-state index in [0.29, 0.717) is 32.6 Å². The van der Waals surface area contributed by atoms with E-state index >= 15 is 0 Å². The second-order valence-corrected chi connectivity index (χ2v) is 8.31. The van der Waals surface area contributed by atoms with Crippen molar-refractivity contribution >= 4 is 23.0 Å². The number of carbonyl (C=O) groups excluding carboxylic acids is 2. The van der Waals surface area contributed by atoms with Crippen molar-refractivity contribution < 1.29 is 14.0 Å². The van der Waals surface area contributed by atoms with E-state index in [1.54, 1.807) is 23.2 Å². The number of rotatable bonds is 3. The van der Waals surface area contributed by atoms with Crippen molar-refractivity contribution in [3.8, 4) is 0 Å². The molecule has 0 bridgehead atoms. The third kappa shape index (κ3) is 3.78. The van der Waals surface area contributed by atoms with Crippen molar-refractivity contribution in [1.29, 1.82) is 0 Å². The highest BCUT2D eigenvalue weighted by Crippen LogP contribution is 2.29. The van der Waals surface area contributed by atoms with Crippen LogP contribution in [-0.2, 0) is 4.79 Å². The van der Waals surface area contributed by atoms with E-state index in [1.807, 2.05) is 17.0 Å². The van der Waals surface area contributed by atoms with Gasteiger partial charge >= 0.3 is 0 Å². The molecule has 8 heteroatoms. The number of carbonyl (C=O) groups is 2. The average Bonchev–Trinajstić information content (AvgIpc) is 3.46. The topological polar surface area (TPSA) is 82.2 Å². The van der Waals surface area contributed by atoms with Crippen LogP contribution < -0.4 is 0 Å². The van der Waals surface area contributed by atoms with Crippen molar-refractivity contribution in [2.75, 3.05) is 26.2 Å². The molecular weight excluding hydrogens is 397 g/mol. The SMILES string of the molecule is O=C(c1ccccc1F)N1CCC(C(=O)N2CCC(c3nc4ncccc4[nH]3)CC2)C1. The fourth-order valence-corrected chi connectivity index (χ4v) is 4.64. The van der Waals surface area contributed by atoms with Gasteiger partial charge in [-0.15, -0.1) is 0 Å². The minimum Gasteiger partial charge on any atom is -0.342 e. The van der Waals surface area contributed by atoms with Gasteiger partial charge < -0.3 is 14.8 Å². The van der Waals surface area contributed by atoms with Gasteiger partial charge in [-0.05, 0) is 43.5 Å². The van der Waals surface area contributed by atoms with Crippen LogP contribution in [0.5, 0.6) is 0 Å². The summed E-state index contributed by atoms with van der Waals surface area (Å²) in [5.74, 6) is 0.219. The number of fused-ring (bicyclic) bond motifs is 1. The third-order valence-corrected chi connectivity index (χ3v) is 6.40. The number of pyridine rings is 1. The Morgan fingerprint density at radius 2 is 1.77 bits per heavy atom. The van der Waals surface area contributed by atoms with E-state index in [-0.39, 0.29) is 29.2 Å². The zero-order valence-corrected chi connectivity index (χ0v) is 17.1. The quantitative estimate of drug-likeness (QED) is 0.705. The number of imidazole rings is 1. The molecule has 2 fully saturated rings. The lowest BCUT2D eigenvalue weighted by Crippen LogP contribution is -2.42. The maximum atomic E-state index is 14.0. The van der Waals surface area contributed by atoms with Crippen LogP contribution in [0.4, 0.5) is 4.39 Å². The Morgan fingerprint density at radius 3 is 2.55 bits per heavy atom. The molecule has 2 amide bonds. The molecule has 1 atom stereocenters. The summed E-state index contributed by atoms with van der Waals surface area (Å²) < 4.78 is 14.0. The first kappa shape index (κ1) is 19.7. The smallest absolute Gasteiger partial charge is 0.256 e. The number of hydrogen-bond acceptors (Lipinski definition) is 4. The van der Waals surface area contributed by atoms with Gasteiger partial charge in [0, 0.05) is 38.3 Å². The summed E-state index contributed by atoms with van der Waals surface area (Å²) in [6.07, 6.45) is 4.04. The molecule has 2 aliphatic heterocycles. The lowest BCUT2D eigenvalue weighted by molar-refractivity contribution is -0.136. The second kappa shape index (κ2) is 8.09. The zero-order valence-electron chi connectivity index (χ0n) is 17.1. The summed E-state index contributed by atoms with van der Waals surface area (Å²) in [5.41, 5.74) is 1.72. The fraction of sp³-hybridized carbons (Fsp3) is 0.391. The molecule has 0 radical (unpaired) electrons. The van der Waals surface area contributed by atoms with Gasteiger partial charge in [-0.3, -0.25) is 9.59 Å². The molecule has 3 aromatic rings. The molecule has 160 valence electrons. The van der Waals surface area contributed by atoms with E-state index in [0.717, 1.165) is 29.8 Å². The molecule has 1 N–H and O–H groups in total. The maximum absolute atomic E-state index is 14.0. The summed E-state index contributed by atoms with van der Waals surface area (Å²) in [4.78, 5) is 41.4. The van der Waals surface area contributed by atoms with Crippen LogP contribution in [0.1, 0.15) is 41.4 Å². The Bertz CT molecular complexity index is 1090. The van der Waals surface area contributed by atoms with E-state index < -0.39 is 5.82 Å². The van der Waals surface area contributed by atoms with Gasteiger partial charge in [0.2, 0.25) is 5.91 Å². The summed E-state index contributed by atoms with van der Waals surface area (Å²) in [7, 11) is 0. The molecule has 5 rings (SSSR count).